The van der Waals surface area contributed by atoms with Crippen molar-refractivity contribution in [2.24, 2.45) is 0 Å². The van der Waals surface area contributed by atoms with Crippen LogP contribution in [0.5, 0.6) is 0 Å². The summed E-state index contributed by atoms with van der Waals surface area (Å²) in [5, 5.41) is 11.4. The van der Waals surface area contributed by atoms with E-state index in [1.165, 1.54) is 5.56 Å². The molecular weight excluding hydrogens is 328 g/mol. The van der Waals surface area contributed by atoms with Crippen molar-refractivity contribution in [2.75, 3.05) is 18.0 Å². The van der Waals surface area contributed by atoms with Gasteiger partial charge in [-0.2, -0.15) is 0 Å². The van der Waals surface area contributed by atoms with E-state index in [2.05, 4.69) is 52.9 Å². The number of anilines is 1. The van der Waals surface area contributed by atoms with Crippen LogP contribution in [0.3, 0.4) is 0 Å². The lowest BCUT2D eigenvalue weighted by Gasteiger charge is -2.41. The van der Waals surface area contributed by atoms with Crippen molar-refractivity contribution in [2.45, 2.75) is 45.3 Å². The van der Waals surface area contributed by atoms with Crippen molar-refractivity contribution in [1.82, 2.24) is 9.88 Å². The Labute approximate surface area is 154 Å². The maximum absolute atomic E-state index is 11.4. The number of rotatable bonds is 6. The van der Waals surface area contributed by atoms with Gasteiger partial charge in [0.15, 0.2) is 0 Å². The molecule has 0 N–H and O–H groups in total. The number of pyridine rings is 1. The van der Waals surface area contributed by atoms with Crippen LogP contribution in [0.15, 0.2) is 48.7 Å². The molecule has 0 spiro atoms. The first-order chi connectivity index (χ1) is 12.6. The second-order valence-corrected chi connectivity index (χ2v) is 7.10. The van der Waals surface area contributed by atoms with Crippen LogP contribution in [0.1, 0.15) is 32.3 Å². The third kappa shape index (κ3) is 4.19. The third-order valence-corrected chi connectivity index (χ3v) is 4.96. The Morgan fingerprint density at radius 3 is 2.50 bits per heavy atom. The standard InChI is InChI=1S/C20H26N4O2/c1-16(2)23(20-19(24(25)26)9-6-12-21-20)18-10-13-22(14-11-18)15-17-7-4-3-5-8-17/h3-9,12,16,18H,10-11,13-15H2,1-2H3. The minimum atomic E-state index is -0.331. The molecule has 0 atom stereocenters. The summed E-state index contributed by atoms with van der Waals surface area (Å²) in [6.07, 6.45) is 3.61. The van der Waals surface area contributed by atoms with Crippen molar-refractivity contribution in [3.05, 3.63) is 64.3 Å². The highest BCUT2D eigenvalue weighted by Crippen LogP contribution is 2.31. The van der Waals surface area contributed by atoms with Gasteiger partial charge in [-0.1, -0.05) is 30.3 Å². The number of likely N-dealkylation sites (tertiary alicyclic amines) is 1. The topological polar surface area (TPSA) is 62.5 Å². The molecule has 138 valence electrons. The van der Waals surface area contributed by atoms with Crippen LogP contribution in [0.25, 0.3) is 0 Å². The van der Waals surface area contributed by atoms with Gasteiger partial charge in [-0.15, -0.1) is 0 Å². The highest BCUT2D eigenvalue weighted by molar-refractivity contribution is 5.58. The molecule has 2 heterocycles. The van der Waals surface area contributed by atoms with Gasteiger partial charge in [-0.3, -0.25) is 15.0 Å². The lowest BCUT2D eigenvalue weighted by atomic mass is 10.0. The van der Waals surface area contributed by atoms with Crippen molar-refractivity contribution >= 4 is 11.5 Å². The molecule has 3 rings (SSSR count). The maximum atomic E-state index is 11.4. The van der Waals surface area contributed by atoms with Crippen molar-refractivity contribution < 1.29 is 4.92 Å². The van der Waals surface area contributed by atoms with Crippen LogP contribution in [0.4, 0.5) is 11.5 Å². The molecule has 6 nitrogen and oxygen atoms in total. The summed E-state index contributed by atoms with van der Waals surface area (Å²) in [5.41, 5.74) is 1.42. The molecule has 1 aliphatic heterocycles. The van der Waals surface area contributed by atoms with E-state index in [1.807, 2.05) is 6.07 Å². The zero-order valence-corrected chi connectivity index (χ0v) is 15.4. The third-order valence-electron chi connectivity index (χ3n) is 4.96. The van der Waals surface area contributed by atoms with Gasteiger partial charge >= 0.3 is 5.69 Å². The number of nitro groups is 1. The van der Waals surface area contributed by atoms with E-state index < -0.39 is 0 Å². The average molecular weight is 354 g/mol. The highest BCUT2D eigenvalue weighted by atomic mass is 16.6. The molecular formula is C20H26N4O2. The minimum Gasteiger partial charge on any atom is -0.345 e. The largest absolute Gasteiger partial charge is 0.345 e. The molecule has 26 heavy (non-hydrogen) atoms. The van der Waals surface area contributed by atoms with E-state index in [0.29, 0.717) is 5.82 Å². The monoisotopic (exact) mass is 354 g/mol. The number of aromatic nitrogens is 1. The molecule has 0 saturated carbocycles. The summed E-state index contributed by atoms with van der Waals surface area (Å²) < 4.78 is 0. The van der Waals surface area contributed by atoms with Gasteiger partial charge in [0.2, 0.25) is 5.82 Å². The Morgan fingerprint density at radius 1 is 1.19 bits per heavy atom. The van der Waals surface area contributed by atoms with Crippen LogP contribution < -0.4 is 4.90 Å². The van der Waals surface area contributed by atoms with E-state index in [0.717, 1.165) is 32.5 Å². The van der Waals surface area contributed by atoms with Crippen molar-refractivity contribution in [1.29, 1.82) is 0 Å². The Balaban J connectivity index is 1.71. The van der Waals surface area contributed by atoms with Crippen molar-refractivity contribution in [3.63, 3.8) is 0 Å². The van der Waals surface area contributed by atoms with Crippen LogP contribution in [-0.4, -0.2) is 40.0 Å². The molecule has 1 saturated heterocycles. The van der Waals surface area contributed by atoms with Crippen LogP contribution in [0, 0.1) is 10.1 Å². The number of piperidine rings is 1. The number of nitrogens with zero attached hydrogens (tertiary/aromatic N) is 4. The summed E-state index contributed by atoms with van der Waals surface area (Å²) in [4.78, 5) is 20.0. The second-order valence-electron chi connectivity index (χ2n) is 7.10. The molecule has 0 bridgehead atoms. The number of benzene rings is 1. The van der Waals surface area contributed by atoms with Crippen LogP contribution >= 0.6 is 0 Å². The van der Waals surface area contributed by atoms with Crippen molar-refractivity contribution in [3.8, 4) is 0 Å². The second kappa shape index (κ2) is 8.27. The summed E-state index contributed by atoms with van der Waals surface area (Å²) in [6, 6.07) is 14.1. The molecule has 0 aliphatic carbocycles. The normalized spacial score (nSPS) is 16.0. The maximum Gasteiger partial charge on any atom is 0.311 e. The quantitative estimate of drug-likeness (QED) is 0.582. The summed E-state index contributed by atoms with van der Waals surface area (Å²) in [6.45, 7) is 7.09. The molecule has 0 radical (unpaired) electrons. The first-order valence-corrected chi connectivity index (χ1v) is 9.20. The number of hydrogen-bond donors (Lipinski definition) is 0. The van der Waals surface area contributed by atoms with E-state index in [9.17, 15) is 10.1 Å². The molecule has 1 fully saturated rings. The zero-order chi connectivity index (χ0) is 18.5. The minimum absolute atomic E-state index is 0.0907. The zero-order valence-electron chi connectivity index (χ0n) is 15.4. The Kier molecular flexibility index (Phi) is 5.83. The van der Waals surface area contributed by atoms with Gasteiger partial charge in [0.1, 0.15) is 0 Å². The fraction of sp³-hybridized carbons (Fsp3) is 0.450. The SMILES string of the molecule is CC(C)N(c1ncccc1[N+](=O)[O-])C1CCN(Cc2ccccc2)CC1. The lowest BCUT2D eigenvalue weighted by Crippen LogP contribution is -2.48. The van der Waals surface area contributed by atoms with Crippen LogP contribution in [0.2, 0.25) is 0 Å². The molecule has 1 aliphatic rings. The Hall–Kier alpha value is -2.47. The van der Waals surface area contributed by atoms with Gasteiger partial charge in [-0.25, -0.2) is 4.98 Å². The predicted molar refractivity (Wildman–Crippen MR) is 103 cm³/mol. The summed E-state index contributed by atoms with van der Waals surface area (Å²) in [5.74, 6) is 0.494. The smallest absolute Gasteiger partial charge is 0.311 e. The summed E-state index contributed by atoms with van der Waals surface area (Å²) >= 11 is 0. The summed E-state index contributed by atoms with van der Waals surface area (Å²) in [7, 11) is 0. The highest BCUT2D eigenvalue weighted by Gasteiger charge is 2.31. The van der Waals surface area contributed by atoms with Crippen LogP contribution in [-0.2, 0) is 6.54 Å². The molecule has 0 amide bonds. The molecule has 2 aromatic rings. The first-order valence-electron chi connectivity index (χ1n) is 9.20. The first kappa shape index (κ1) is 18.3. The molecule has 1 aromatic carbocycles. The van der Waals surface area contributed by atoms with E-state index in [-0.39, 0.29) is 22.7 Å². The van der Waals surface area contributed by atoms with Gasteiger partial charge < -0.3 is 4.90 Å². The fourth-order valence-electron chi connectivity index (χ4n) is 3.77. The predicted octanol–water partition coefficient (Wildman–Crippen LogP) is 3.87. The van der Waals surface area contributed by atoms with Gasteiger partial charge in [0.25, 0.3) is 0 Å². The molecule has 6 heteroatoms. The number of hydrogen-bond acceptors (Lipinski definition) is 5. The fourth-order valence-corrected chi connectivity index (χ4v) is 3.77. The lowest BCUT2D eigenvalue weighted by molar-refractivity contribution is -0.384. The van der Waals surface area contributed by atoms with E-state index >= 15 is 0 Å². The molecule has 1 aromatic heterocycles. The Bertz CT molecular complexity index is 728. The van der Waals surface area contributed by atoms with E-state index in [1.54, 1.807) is 18.3 Å². The van der Waals surface area contributed by atoms with E-state index in [4.69, 9.17) is 0 Å². The van der Waals surface area contributed by atoms with Gasteiger partial charge in [0.05, 0.1) is 4.92 Å². The molecule has 0 unspecified atom stereocenters. The van der Waals surface area contributed by atoms with Gasteiger partial charge in [0, 0.05) is 44.0 Å². The Morgan fingerprint density at radius 2 is 1.88 bits per heavy atom. The van der Waals surface area contributed by atoms with Gasteiger partial charge in [-0.05, 0) is 38.3 Å². The average Bonchev–Trinajstić information content (AvgIpc) is 2.64.